The van der Waals surface area contributed by atoms with Crippen molar-refractivity contribution in [3.05, 3.63) is 91.0 Å². The van der Waals surface area contributed by atoms with E-state index in [1.165, 1.54) is 11.4 Å². The molecule has 2 aliphatic heterocycles. The quantitative estimate of drug-likeness (QED) is 0.598. The highest BCUT2D eigenvalue weighted by Crippen LogP contribution is 2.35. The zero-order valence-electron chi connectivity index (χ0n) is 17.6. The Labute approximate surface area is 185 Å². The standard InChI is InChI=1S/C16H18N2O2Si.C8H11NO/c1-3-7-15(8-4-1)17-11-13-19-21(17)18(12-14-20-21)16-9-5-2-6-10-16;10-7-6-9-8-4-2-1-3-5-8/h1-10H,11-14H2;1-5,9-10H,6-7H2. The van der Waals surface area contributed by atoms with Crippen molar-refractivity contribution in [1.29, 1.82) is 0 Å². The van der Waals surface area contributed by atoms with Gasteiger partial charge in [-0.15, -0.1) is 0 Å². The van der Waals surface area contributed by atoms with Crippen molar-refractivity contribution >= 4 is 25.9 Å². The van der Waals surface area contributed by atoms with Crippen LogP contribution in [0.15, 0.2) is 91.0 Å². The Hall–Kier alpha value is -2.84. The number of hydrogen-bond donors (Lipinski definition) is 2. The van der Waals surface area contributed by atoms with Gasteiger partial charge in [-0.1, -0.05) is 54.6 Å². The molecule has 0 amide bonds. The van der Waals surface area contributed by atoms with E-state index < -0.39 is 8.88 Å². The fourth-order valence-electron chi connectivity index (χ4n) is 3.88. The van der Waals surface area contributed by atoms with E-state index in [1.54, 1.807) is 0 Å². The normalized spacial score (nSPS) is 16.8. The van der Waals surface area contributed by atoms with Crippen LogP contribution in [0.4, 0.5) is 17.1 Å². The summed E-state index contributed by atoms with van der Waals surface area (Å²) in [6.07, 6.45) is 0. The van der Waals surface area contributed by atoms with Crippen LogP contribution in [0.1, 0.15) is 0 Å². The number of para-hydroxylation sites is 3. The number of benzene rings is 3. The van der Waals surface area contributed by atoms with Gasteiger partial charge in [-0.05, 0) is 36.4 Å². The third kappa shape index (κ3) is 4.91. The van der Waals surface area contributed by atoms with Crippen molar-refractivity contribution in [2.45, 2.75) is 0 Å². The Bertz CT molecular complexity index is 860. The first-order valence-corrected chi connectivity index (χ1v) is 12.4. The van der Waals surface area contributed by atoms with Crippen molar-refractivity contribution in [1.82, 2.24) is 0 Å². The van der Waals surface area contributed by atoms with E-state index in [2.05, 4.69) is 63.0 Å². The molecule has 3 aromatic carbocycles. The van der Waals surface area contributed by atoms with Gasteiger partial charge in [0.15, 0.2) is 0 Å². The van der Waals surface area contributed by atoms with Gasteiger partial charge in [0.1, 0.15) is 0 Å². The lowest BCUT2D eigenvalue weighted by molar-refractivity contribution is 0.232. The van der Waals surface area contributed by atoms with Gasteiger partial charge in [-0.2, -0.15) is 0 Å². The van der Waals surface area contributed by atoms with Crippen LogP contribution < -0.4 is 14.4 Å². The molecule has 0 saturated carbocycles. The summed E-state index contributed by atoms with van der Waals surface area (Å²) < 4.78 is 17.1. The second-order valence-electron chi connectivity index (χ2n) is 7.24. The molecule has 2 heterocycles. The molecular weight excluding hydrogens is 406 g/mol. The van der Waals surface area contributed by atoms with Gasteiger partial charge in [0, 0.05) is 36.7 Å². The number of nitrogens with one attached hydrogen (secondary N) is 1. The first-order valence-electron chi connectivity index (χ1n) is 10.7. The van der Waals surface area contributed by atoms with Crippen molar-refractivity contribution in [3.8, 4) is 0 Å². The molecule has 0 aromatic heterocycles. The summed E-state index contributed by atoms with van der Waals surface area (Å²) in [6.45, 7) is 4.02. The molecule has 1 spiro atoms. The highest BCUT2D eigenvalue weighted by molar-refractivity contribution is 6.76. The van der Waals surface area contributed by atoms with E-state index in [4.69, 9.17) is 14.0 Å². The maximum absolute atomic E-state index is 8.47. The van der Waals surface area contributed by atoms with Crippen LogP contribution in [0.3, 0.4) is 0 Å². The largest absolute Gasteiger partial charge is 0.589 e. The molecular formula is C24H29N3O3Si. The molecule has 0 atom stereocenters. The zero-order chi connectivity index (χ0) is 21.4. The Morgan fingerprint density at radius 2 is 1.16 bits per heavy atom. The topological polar surface area (TPSA) is 57.2 Å². The minimum Gasteiger partial charge on any atom is -0.395 e. The molecule has 2 aliphatic rings. The van der Waals surface area contributed by atoms with Crippen molar-refractivity contribution < 1.29 is 14.0 Å². The number of aliphatic hydroxyl groups excluding tert-OH is 1. The van der Waals surface area contributed by atoms with Crippen LogP contribution in [0, 0.1) is 0 Å². The van der Waals surface area contributed by atoms with Gasteiger partial charge < -0.3 is 28.4 Å². The zero-order valence-corrected chi connectivity index (χ0v) is 18.6. The number of aliphatic hydroxyl groups is 1. The minimum absolute atomic E-state index is 0.175. The lowest BCUT2D eigenvalue weighted by atomic mass is 10.3. The van der Waals surface area contributed by atoms with E-state index in [0.717, 1.165) is 32.0 Å². The molecule has 0 bridgehead atoms. The Balaban J connectivity index is 0.000000196. The summed E-state index contributed by atoms with van der Waals surface area (Å²) in [5, 5.41) is 11.5. The van der Waals surface area contributed by atoms with Gasteiger partial charge in [-0.3, -0.25) is 0 Å². The number of rotatable bonds is 5. The van der Waals surface area contributed by atoms with Crippen molar-refractivity contribution in [3.63, 3.8) is 0 Å². The summed E-state index contributed by atoms with van der Waals surface area (Å²) in [5.74, 6) is 0. The molecule has 31 heavy (non-hydrogen) atoms. The first kappa shape index (κ1) is 21.4. The van der Waals surface area contributed by atoms with E-state index in [9.17, 15) is 0 Å². The number of hydrogen-bond acceptors (Lipinski definition) is 6. The molecule has 2 fully saturated rings. The average molecular weight is 436 g/mol. The van der Waals surface area contributed by atoms with Gasteiger partial charge >= 0.3 is 8.88 Å². The van der Waals surface area contributed by atoms with E-state index in [0.29, 0.717) is 6.54 Å². The second-order valence-corrected chi connectivity index (χ2v) is 9.99. The predicted molar refractivity (Wildman–Crippen MR) is 127 cm³/mol. The summed E-state index contributed by atoms with van der Waals surface area (Å²) >= 11 is 0. The van der Waals surface area contributed by atoms with E-state index in [-0.39, 0.29) is 6.61 Å². The smallest absolute Gasteiger partial charge is 0.395 e. The average Bonchev–Trinajstić information content (AvgIpc) is 3.47. The maximum atomic E-state index is 8.47. The molecule has 2 saturated heterocycles. The Morgan fingerprint density at radius 3 is 1.61 bits per heavy atom. The van der Waals surface area contributed by atoms with Crippen LogP contribution in [0.5, 0.6) is 0 Å². The molecule has 7 heteroatoms. The summed E-state index contributed by atoms with van der Waals surface area (Å²) in [6, 6.07) is 30.7. The SMILES string of the molecule is OCCNc1ccccc1.c1ccc(N2CCO[Si]23OCCN3c2ccccc2)cc1. The fourth-order valence-corrected chi connectivity index (χ4v) is 7.29. The van der Waals surface area contributed by atoms with Crippen LogP contribution in [0.2, 0.25) is 0 Å². The maximum Gasteiger partial charge on any atom is 0.589 e. The highest BCUT2D eigenvalue weighted by Gasteiger charge is 2.59. The molecule has 5 rings (SSSR count). The van der Waals surface area contributed by atoms with Crippen LogP contribution in [-0.2, 0) is 8.85 Å². The molecule has 162 valence electrons. The molecule has 0 aliphatic carbocycles. The van der Waals surface area contributed by atoms with E-state index >= 15 is 0 Å². The van der Waals surface area contributed by atoms with Gasteiger partial charge in [-0.25, -0.2) is 0 Å². The molecule has 0 radical (unpaired) electrons. The highest BCUT2D eigenvalue weighted by atomic mass is 28.4. The monoisotopic (exact) mass is 435 g/mol. The predicted octanol–water partition coefficient (Wildman–Crippen LogP) is 3.59. The first-order chi connectivity index (χ1) is 15.3. The molecule has 2 N–H and O–H groups in total. The van der Waals surface area contributed by atoms with Crippen molar-refractivity contribution in [2.24, 2.45) is 0 Å². The number of anilines is 3. The van der Waals surface area contributed by atoms with Gasteiger partial charge in [0.2, 0.25) is 0 Å². The van der Waals surface area contributed by atoms with E-state index in [1.807, 2.05) is 42.5 Å². The Kier molecular flexibility index (Phi) is 7.21. The minimum atomic E-state index is -2.54. The lowest BCUT2D eigenvalue weighted by Crippen LogP contribution is -2.63. The summed E-state index contributed by atoms with van der Waals surface area (Å²) in [4.78, 5) is 0. The fraction of sp³-hybridized carbons (Fsp3) is 0.250. The Morgan fingerprint density at radius 1 is 0.710 bits per heavy atom. The lowest BCUT2D eigenvalue weighted by Gasteiger charge is -2.36. The van der Waals surface area contributed by atoms with Crippen LogP contribution in [0.25, 0.3) is 0 Å². The summed E-state index contributed by atoms with van der Waals surface area (Å²) in [5.41, 5.74) is 3.42. The van der Waals surface area contributed by atoms with Crippen LogP contribution in [-0.4, -0.2) is 53.4 Å². The molecule has 3 aromatic rings. The third-order valence-electron chi connectivity index (χ3n) is 5.24. The van der Waals surface area contributed by atoms with Gasteiger partial charge in [0.25, 0.3) is 0 Å². The van der Waals surface area contributed by atoms with Crippen molar-refractivity contribution in [2.75, 3.05) is 53.9 Å². The van der Waals surface area contributed by atoms with Crippen LogP contribution >= 0.6 is 0 Å². The molecule has 6 nitrogen and oxygen atoms in total. The second kappa shape index (κ2) is 10.5. The van der Waals surface area contributed by atoms with Gasteiger partial charge in [0.05, 0.1) is 19.8 Å². The third-order valence-corrected chi connectivity index (χ3v) is 8.73. The number of nitrogens with zero attached hydrogens (tertiary/aromatic N) is 2. The summed E-state index contributed by atoms with van der Waals surface area (Å²) in [7, 11) is -2.54. The molecule has 0 unspecified atom stereocenters.